The highest BCUT2D eigenvalue weighted by molar-refractivity contribution is 9.08. The van der Waals surface area contributed by atoms with Crippen molar-refractivity contribution in [3.63, 3.8) is 0 Å². The lowest BCUT2D eigenvalue weighted by atomic mass is 10.1. The van der Waals surface area contributed by atoms with E-state index in [1.807, 2.05) is 18.4 Å². The lowest BCUT2D eigenvalue weighted by Gasteiger charge is -2.07. The molecular weight excluding hydrogens is 296 g/mol. The second kappa shape index (κ2) is 6.56. The molecule has 1 nitrogen and oxygen atoms in total. The fourth-order valence-electron chi connectivity index (χ4n) is 1.28. The van der Waals surface area contributed by atoms with E-state index in [1.165, 1.54) is 5.56 Å². The molecule has 0 saturated carbocycles. The van der Waals surface area contributed by atoms with Gasteiger partial charge < -0.3 is 0 Å². The van der Waals surface area contributed by atoms with Crippen LogP contribution in [0.4, 0.5) is 0 Å². The Labute approximate surface area is 108 Å². The molecular formula is C11H12BrClOS. The van der Waals surface area contributed by atoms with Gasteiger partial charge in [0.25, 0.3) is 0 Å². The summed E-state index contributed by atoms with van der Waals surface area (Å²) < 4.78 is 0. The Morgan fingerprint density at radius 1 is 1.53 bits per heavy atom. The molecule has 0 aliphatic rings. The number of benzene rings is 1. The third kappa shape index (κ3) is 3.82. The van der Waals surface area contributed by atoms with E-state index in [2.05, 4.69) is 22.0 Å². The summed E-state index contributed by atoms with van der Waals surface area (Å²) in [7, 11) is 0. The van der Waals surface area contributed by atoms with Gasteiger partial charge in [-0.2, -0.15) is 0 Å². The molecule has 1 rings (SSSR count). The second-order valence-electron chi connectivity index (χ2n) is 3.13. The molecule has 82 valence electrons. The van der Waals surface area contributed by atoms with Gasteiger partial charge in [0.1, 0.15) is 0 Å². The maximum absolute atomic E-state index is 11.3. The van der Waals surface area contributed by atoms with Crippen molar-refractivity contribution in [2.75, 3.05) is 12.1 Å². The summed E-state index contributed by atoms with van der Waals surface area (Å²) in [5.74, 6) is 0.159. The average molecular weight is 308 g/mol. The van der Waals surface area contributed by atoms with Crippen molar-refractivity contribution >= 4 is 45.1 Å². The topological polar surface area (TPSA) is 17.1 Å². The van der Waals surface area contributed by atoms with Crippen molar-refractivity contribution in [3.8, 4) is 0 Å². The minimum Gasteiger partial charge on any atom is -0.298 e. The Bertz CT molecular complexity index is 354. The normalized spacial score (nSPS) is 10.3. The van der Waals surface area contributed by atoms with Crippen LogP contribution in [-0.2, 0) is 16.5 Å². The van der Waals surface area contributed by atoms with Crippen LogP contribution in [0.1, 0.15) is 11.1 Å². The standard InChI is InChI=1S/C11H12BrClOS/c1-15-11-4-8(6-12)2-3-9(11)5-10(14)7-13/h2-4H,5-7H2,1H3. The molecule has 0 bridgehead atoms. The SMILES string of the molecule is CSc1cc(CBr)ccc1CC(=O)CCl. The molecule has 0 N–H and O–H groups in total. The molecule has 0 aliphatic carbocycles. The van der Waals surface area contributed by atoms with Gasteiger partial charge in [-0.1, -0.05) is 28.1 Å². The van der Waals surface area contributed by atoms with E-state index in [9.17, 15) is 4.79 Å². The van der Waals surface area contributed by atoms with Gasteiger partial charge in [-0.15, -0.1) is 23.4 Å². The van der Waals surface area contributed by atoms with Crippen molar-refractivity contribution in [1.82, 2.24) is 0 Å². The molecule has 15 heavy (non-hydrogen) atoms. The van der Waals surface area contributed by atoms with E-state index in [4.69, 9.17) is 11.6 Å². The van der Waals surface area contributed by atoms with Gasteiger partial charge >= 0.3 is 0 Å². The maximum Gasteiger partial charge on any atom is 0.151 e. The first-order valence-electron chi connectivity index (χ1n) is 4.50. The number of hydrogen-bond acceptors (Lipinski definition) is 2. The minimum atomic E-state index is 0.0681. The van der Waals surface area contributed by atoms with Gasteiger partial charge in [-0.05, 0) is 23.4 Å². The van der Waals surface area contributed by atoms with Crippen LogP contribution in [0, 0.1) is 0 Å². The van der Waals surface area contributed by atoms with Gasteiger partial charge in [0.15, 0.2) is 5.78 Å². The quantitative estimate of drug-likeness (QED) is 0.610. The number of rotatable bonds is 5. The Hall–Kier alpha value is 0.01000. The molecule has 0 heterocycles. The zero-order chi connectivity index (χ0) is 11.3. The zero-order valence-electron chi connectivity index (χ0n) is 8.43. The summed E-state index contributed by atoms with van der Waals surface area (Å²) in [6.45, 7) is 0. The van der Waals surface area contributed by atoms with Gasteiger partial charge in [0.2, 0.25) is 0 Å². The number of ketones is 1. The summed E-state index contributed by atoms with van der Waals surface area (Å²) >= 11 is 10.6. The van der Waals surface area contributed by atoms with Crippen molar-refractivity contribution in [2.45, 2.75) is 16.6 Å². The molecule has 0 amide bonds. The minimum absolute atomic E-state index is 0.0681. The Morgan fingerprint density at radius 2 is 2.27 bits per heavy atom. The van der Waals surface area contributed by atoms with E-state index in [-0.39, 0.29) is 11.7 Å². The number of carbonyl (C=O) groups excluding carboxylic acids is 1. The number of carbonyl (C=O) groups is 1. The van der Waals surface area contributed by atoms with E-state index in [1.54, 1.807) is 11.8 Å². The van der Waals surface area contributed by atoms with Gasteiger partial charge in [0.05, 0.1) is 5.88 Å². The third-order valence-corrected chi connectivity index (χ3v) is 3.81. The number of thioether (sulfide) groups is 1. The molecule has 1 aromatic carbocycles. The number of hydrogen-bond donors (Lipinski definition) is 0. The Morgan fingerprint density at radius 3 is 2.80 bits per heavy atom. The molecule has 0 radical (unpaired) electrons. The third-order valence-electron chi connectivity index (χ3n) is 2.04. The lowest BCUT2D eigenvalue weighted by molar-refractivity contribution is -0.116. The summed E-state index contributed by atoms with van der Waals surface area (Å²) in [4.78, 5) is 12.4. The van der Waals surface area contributed by atoms with Crippen molar-refractivity contribution < 1.29 is 4.79 Å². The number of alkyl halides is 2. The molecule has 0 spiro atoms. The molecule has 0 aliphatic heterocycles. The van der Waals surface area contributed by atoms with Crippen molar-refractivity contribution in [3.05, 3.63) is 29.3 Å². The summed E-state index contributed by atoms with van der Waals surface area (Å²) in [6, 6.07) is 6.15. The fraction of sp³-hybridized carbons (Fsp3) is 0.364. The molecule has 0 fully saturated rings. The van der Waals surface area contributed by atoms with Gasteiger partial charge in [-0.3, -0.25) is 4.79 Å². The molecule has 0 aromatic heterocycles. The summed E-state index contributed by atoms with van der Waals surface area (Å²) in [6.07, 6.45) is 2.45. The van der Waals surface area contributed by atoms with Crippen LogP contribution < -0.4 is 0 Å². The highest BCUT2D eigenvalue weighted by Gasteiger charge is 2.07. The largest absolute Gasteiger partial charge is 0.298 e. The Balaban J connectivity index is 2.92. The predicted molar refractivity (Wildman–Crippen MR) is 70.3 cm³/mol. The molecule has 1 aromatic rings. The number of halogens is 2. The second-order valence-corrected chi connectivity index (χ2v) is 4.80. The zero-order valence-corrected chi connectivity index (χ0v) is 11.6. The highest BCUT2D eigenvalue weighted by atomic mass is 79.9. The summed E-state index contributed by atoms with van der Waals surface area (Å²) in [5.41, 5.74) is 2.29. The van der Waals surface area contributed by atoms with E-state index >= 15 is 0 Å². The number of Topliss-reactive ketones (excluding diaryl/α,β-unsaturated/α-hetero) is 1. The van der Waals surface area contributed by atoms with E-state index in [0.29, 0.717) is 6.42 Å². The monoisotopic (exact) mass is 306 g/mol. The molecule has 0 saturated heterocycles. The molecule has 4 heteroatoms. The van der Waals surface area contributed by atoms with Crippen LogP contribution >= 0.6 is 39.3 Å². The fourth-order valence-corrected chi connectivity index (χ4v) is 2.39. The first-order chi connectivity index (χ1) is 7.21. The van der Waals surface area contributed by atoms with Crippen LogP contribution in [0.3, 0.4) is 0 Å². The predicted octanol–water partition coefficient (Wildman–Crippen LogP) is 3.65. The molecule has 0 atom stereocenters. The van der Waals surface area contributed by atoms with Gasteiger partial charge in [-0.25, -0.2) is 0 Å². The first kappa shape index (κ1) is 13.1. The molecule has 0 unspecified atom stereocenters. The lowest BCUT2D eigenvalue weighted by Crippen LogP contribution is -2.04. The van der Waals surface area contributed by atoms with E-state index < -0.39 is 0 Å². The maximum atomic E-state index is 11.3. The Kier molecular flexibility index (Phi) is 5.72. The van der Waals surface area contributed by atoms with Crippen molar-refractivity contribution in [1.29, 1.82) is 0 Å². The van der Waals surface area contributed by atoms with Crippen molar-refractivity contribution in [2.24, 2.45) is 0 Å². The first-order valence-corrected chi connectivity index (χ1v) is 7.38. The smallest absolute Gasteiger partial charge is 0.151 e. The van der Waals surface area contributed by atoms with Gasteiger partial charge in [0, 0.05) is 16.6 Å². The summed E-state index contributed by atoms with van der Waals surface area (Å²) in [5, 5.41) is 0.838. The van der Waals surface area contributed by atoms with E-state index in [0.717, 1.165) is 15.8 Å². The van der Waals surface area contributed by atoms with Crippen LogP contribution in [0.2, 0.25) is 0 Å². The van der Waals surface area contributed by atoms with Crippen LogP contribution in [-0.4, -0.2) is 17.9 Å². The van der Waals surface area contributed by atoms with Crippen LogP contribution in [0.15, 0.2) is 23.1 Å². The highest BCUT2D eigenvalue weighted by Crippen LogP contribution is 2.23. The van der Waals surface area contributed by atoms with Crippen LogP contribution in [0.25, 0.3) is 0 Å². The average Bonchev–Trinajstić information content (AvgIpc) is 2.29. The van der Waals surface area contributed by atoms with Crippen LogP contribution in [0.5, 0.6) is 0 Å².